The minimum atomic E-state index is -1.14. The quantitative estimate of drug-likeness (QED) is 0.609. The van der Waals surface area contributed by atoms with Gasteiger partial charge >= 0.3 is 0 Å². The normalized spacial score (nSPS) is 14.2. The van der Waals surface area contributed by atoms with Gasteiger partial charge in [0, 0.05) is 0 Å². The van der Waals surface area contributed by atoms with Gasteiger partial charge in [-0.2, -0.15) is 0 Å². The molecule has 0 N–H and O–H groups in total. The molecule has 0 aliphatic heterocycles. The highest BCUT2D eigenvalue weighted by Crippen LogP contribution is 2.22. The molecule has 102 valence electrons. The van der Waals surface area contributed by atoms with Gasteiger partial charge in [0.2, 0.25) is 0 Å². The van der Waals surface area contributed by atoms with E-state index in [4.69, 9.17) is 0 Å². The van der Waals surface area contributed by atoms with Gasteiger partial charge in [-0.15, -0.1) is 12.3 Å². The van der Waals surface area contributed by atoms with E-state index >= 15 is 0 Å². The number of hydrogen-bond donors (Lipinski definition) is 0. The van der Waals surface area contributed by atoms with Crippen molar-refractivity contribution in [1.29, 1.82) is 0 Å². The first-order chi connectivity index (χ1) is 7.40. The second kappa shape index (κ2) is 6.00. The van der Waals surface area contributed by atoms with Crippen molar-refractivity contribution >= 4 is 24.5 Å². The fraction of sp³-hybridized carbons (Fsp3) is 0.846. The molecule has 0 atom stereocenters. The standard InChI is InChI=1S/C13H33NSi3/c1-10-17(8,9)13-11-12-14(15(2,3)4)16(5,6)7/h10H,1,11-13H2,2-9H3. The monoisotopic (exact) mass is 287 g/mol. The molecule has 0 saturated carbocycles. The van der Waals surface area contributed by atoms with Gasteiger partial charge in [-0.3, -0.25) is 0 Å². The van der Waals surface area contributed by atoms with Gasteiger partial charge < -0.3 is 4.23 Å². The van der Waals surface area contributed by atoms with Crippen molar-refractivity contribution in [3.63, 3.8) is 0 Å². The Morgan fingerprint density at radius 3 is 1.59 bits per heavy atom. The van der Waals surface area contributed by atoms with E-state index in [9.17, 15) is 0 Å². The maximum Gasteiger partial charge on any atom is 0.112 e. The van der Waals surface area contributed by atoms with Crippen LogP contribution in [-0.2, 0) is 0 Å². The van der Waals surface area contributed by atoms with Gasteiger partial charge in [0.05, 0.1) is 8.07 Å². The predicted molar refractivity (Wildman–Crippen MR) is 90.5 cm³/mol. The molecule has 0 amide bonds. The number of hydrogen-bond acceptors (Lipinski definition) is 1. The summed E-state index contributed by atoms with van der Waals surface area (Å²) in [4.78, 5) is 0. The summed E-state index contributed by atoms with van der Waals surface area (Å²) in [7, 11) is -3.38. The lowest BCUT2D eigenvalue weighted by Gasteiger charge is -2.44. The molecule has 0 bridgehead atoms. The Morgan fingerprint density at radius 2 is 1.29 bits per heavy atom. The lowest BCUT2D eigenvalue weighted by Crippen LogP contribution is -2.59. The first-order valence-electron chi connectivity index (χ1n) is 6.81. The molecule has 4 heteroatoms. The van der Waals surface area contributed by atoms with Crippen molar-refractivity contribution in [2.45, 2.75) is 64.8 Å². The van der Waals surface area contributed by atoms with E-state index < -0.39 is 24.5 Å². The van der Waals surface area contributed by atoms with Gasteiger partial charge in [-0.1, -0.05) is 58.4 Å². The average Bonchev–Trinajstić information content (AvgIpc) is 2.08. The first kappa shape index (κ1) is 17.4. The van der Waals surface area contributed by atoms with Crippen LogP contribution in [0.25, 0.3) is 0 Å². The minimum absolute atomic E-state index is 1.09. The maximum atomic E-state index is 3.99. The molecular formula is C13H33NSi3. The Balaban J connectivity index is 4.45. The summed E-state index contributed by atoms with van der Waals surface area (Å²) in [5.74, 6) is 0. The van der Waals surface area contributed by atoms with Crippen LogP contribution in [-0.4, -0.2) is 35.3 Å². The molecule has 1 nitrogen and oxygen atoms in total. The summed E-state index contributed by atoms with van der Waals surface area (Å²) in [5, 5.41) is 0. The Morgan fingerprint density at radius 1 is 0.882 bits per heavy atom. The van der Waals surface area contributed by atoms with Crippen molar-refractivity contribution in [3.05, 3.63) is 12.3 Å². The van der Waals surface area contributed by atoms with E-state index in [1.54, 1.807) is 0 Å². The highest BCUT2D eigenvalue weighted by molar-refractivity contribution is 6.89. The molecule has 0 fully saturated rings. The van der Waals surface area contributed by atoms with Gasteiger partial charge in [0.15, 0.2) is 0 Å². The SMILES string of the molecule is C=C[Si](C)(C)CCCN([Si](C)(C)C)[Si](C)(C)C. The lowest BCUT2D eigenvalue weighted by molar-refractivity contribution is 0.599. The van der Waals surface area contributed by atoms with E-state index in [0.717, 1.165) is 0 Å². The summed E-state index contributed by atoms with van der Waals surface area (Å²) in [6.07, 6.45) is 1.36. The van der Waals surface area contributed by atoms with E-state index in [2.05, 4.69) is 68.9 Å². The van der Waals surface area contributed by atoms with E-state index in [1.165, 1.54) is 19.0 Å². The zero-order valence-electron chi connectivity index (χ0n) is 13.4. The fourth-order valence-corrected chi connectivity index (χ4v) is 13.5. The third-order valence-electron chi connectivity index (χ3n) is 3.37. The van der Waals surface area contributed by atoms with Crippen LogP contribution < -0.4 is 0 Å². The predicted octanol–water partition coefficient (Wildman–Crippen LogP) is 4.78. The van der Waals surface area contributed by atoms with Gasteiger partial charge in [-0.05, 0) is 13.0 Å². The van der Waals surface area contributed by atoms with Crippen molar-refractivity contribution in [3.8, 4) is 0 Å². The highest BCUT2D eigenvalue weighted by atomic mass is 28.4. The van der Waals surface area contributed by atoms with Crippen LogP contribution in [0.5, 0.6) is 0 Å². The molecule has 0 saturated heterocycles. The Kier molecular flexibility index (Phi) is 6.12. The first-order valence-corrected chi connectivity index (χ1v) is 17.0. The summed E-state index contributed by atoms with van der Waals surface area (Å²) in [5.41, 5.74) is 2.24. The van der Waals surface area contributed by atoms with Crippen LogP contribution in [0.1, 0.15) is 6.42 Å². The number of rotatable bonds is 7. The average molecular weight is 288 g/mol. The number of nitrogens with zero attached hydrogens (tertiary/aromatic N) is 1. The third-order valence-corrected chi connectivity index (χ3v) is 13.8. The molecule has 0 aromatic carbocycles. The molecule has 0 aromatic heterocycles. The summed E-state index contributed by atoms with van der Waals surface area (Å²) in [6.45, 7) is 25.1. The smallest absolute Gasteiger partial charge is 0.112 e. The minimum Gasteiger partial charge on any atom is -0.346 e. The van der Waals surface area contributed by atoms with Crippen LogP contribution in [0.15, 0.2) is 12.3 Å². The Hall–Kier alpha value is 0.351. The second-order valence-electron chi connectivity index (χ2n) is 7.79. The van der Waals surface area contributed by atoms with Crippen LogP contribution >= 0.6 is 0 Å². The van der Waals surface area contributed by atoms with Crippen molar-refractivity contribution in [2.24, 2.45) is 0 Å². The van der Waals surface area contributed by atoms with Crippen molar-refractivity contribution in [1.82, 2.24) is 4.23 Å². The third kappa shape index (κ3) is 6.74. The zero-order valence-corrected chi connectivity index (χ0v) is 16.4. The lowest BCUT2D eigenvalue weighted by atomic mass is 10.5. The molecule has 0 unspecified atom stereocenters. The van der Waals surface area contributed by atoms with Crippen LogP contribution in [0.2, 0.25) is 58.4 Å². The zero-order chi connectivity index (χ0) is 13.9. The molecular weight excluding hydrogens is 254 g/mol. The molecule has 17 heavy (non-hydrogen) atoms. The van der Waals surface area contributed by atoms with Gasteiger partial charge in [-0.25, -0.2) is 0 Å². The Labute approximate surface area is 112 Å². The Bertz CT molecular complexity index is 234. The van der Waals surface area contributed by atoms with Crippen molar-refractivity contribution < 1.29 is 0 Å². The summed E-state index contributed by atoms with van der Waals surface area (Å²) < 4.78 is 2.90. The topological polar surface area (TPSA) is 3.24 Å². The van der Waals surface area contributed by atoms with Crippen LogP contribution in [0, 0.1) is 0 Å². The molecule has 0 heterocycles. The molecule has 0 rings (SSSR count). The van der Waals surface area contributed by atoms with E-state index in [0.29, 0.717) is 0 Å². The molecule has 0 spiro atoms. The molecule has 0 aliphatic rings. The molecule has 0 aromatic rings. The highest BCUT2D eigenvalue weighted by Gasteiger charge is 2.33. The largest absolute Gasteiger partial charge is 0.346 e. The van der Waals surface area contributed by atoms with Crippen molar-refractivity contribution in [2.75, 3.05) is 6.54 Å². The molecule has 0 radical (unpaired) electrons. The summed E-state index contributed by atoms with van der Waals surface area (Å²) >= 11 is 0. The second-order valence-corrected chi connectivity index (χ2v) is 22.9. The van der Waals surface area contributed by atoms with Crippen LogP contribution in [0.3, 0.4) is 0 Å². The van der Waals surface area contributed by atoms with Gasteiger partial charge in [0.25, 0.3) is 0 Å². The summed E-state index contributed by atoms with van der Waals surface area (Å²) in [6, 6.07) is 1.39. The van der Waals surface area contributed by atoms with E-state index in [1.807, 2.05) is 0 Å². The van der Waals surface area contributed by atoms with E-state index in [-0.39, 0.29) is 0 Å². The van der Waals surface area contributed by atoms with Crippen LogP contribution in [0.4, 0.5) is 0 Å². The maximum absolute atomic E-state index is 3.99. The van der Waals surface area contributed by atoms with Gasteiger partial charge in [0.1, 0.15) is 16.5 Å². The fourth-order valence-electron chi connectivity index (χ4n) is 2.47. The molecule has 0 aliphatic carbocycles.